The van der Waals surface area contributed by atoms with Crippen molar-refractivity contribution >= 4 is 18.3 Å². The molecule has 0 radical (unpaired) electrons. The zero-order chi connectivity index (χ0) is 32.7. The molecule has 0 bridgehead atoms. The first kappa shape index (κ1) is 34.9. The number of carbonyl (C=O) groups excluding carboxylic acids is 2. The largest absolute Gasteiger partial charge is 0.444 e. The molecule has 2 aromatic rings. The molecule has 6 nitrogen and oxygen atoms in total. The van der Waals surface area contributed by atoms with Gasteiger partial charge in [0.15, 0.2) is 0 Å². The van der Waals surface area contributed by atoms with E-state index in [0.29, 0.717) is 62.5 Å². The lowest BCUT2D eigenvalue weighted by molar-refractivity contribution is 0.0182. The minimum Gasteiger partial charge on any atom is -0.444 e. The van der Waals surface area contributed by atoms with E-state index in [2.05, 4.69) is 0 Å². The maximum Gasteiger partial charge on any atom is 0.410 e. The summed E-state index contributed by atoms with van der Waals surface area (Å²) in [6.07, 6.45) is 4.63. The predicted octanol–water partition coefficient (Wildman–Crippen LogP) is 8.53. The average molecular weight is 621 g/mol. The summed E-state index contributed by atoms with van der Waals surface area (Å²) in [5, 5.41) is 0. The fourth-order valence-electron chi connectivity index (χ4n) is 4.93. The van der Waals surface area contributed by atoms with Crippen LogP contribution >= 0.6 is 0 Å². The molecule has 0 aliphatic carbocycles. The Bertz CT molecular complexity index is 1320. The molecule has 2 amide bonds. The fraction of sp³-hybridized carbons (Fsp3) is 0.529. The van der Waals surface area contributed by atoms with Crippen molar-refractivity contribution in [3.05, 3.63) is 76.4 Å². The number of hydrogen-bond acceptors (Lipinski definition) is 4. The molecule has 2 saturated heterocycles. The van der Waals surface area contributed by atoms with E-state index in [9.17, 15) is 27.2 Å². The van der Waals surface area contributed by atoms with Gasteiger partial charge < -0.3 is 19.3 Å². The van der Waals surface area contributed by atoms with Gasteiger partial charge in [-0.3, -0.25) is 0 Å². The summed E-state index contributed by atoms with van der Waals surface area (Å²) in [5.41, 5.74) is 0.958. The zero-order valence-electron chi connectivity index (χ0n) is 26.5. The van der Waals surface area contributed by atoms with Crippen molar-refractivity contribution in [1.29, 1.82) is 0 Å². The van der Waals surface area contributed by atoms with Crippen molar-refractivity contribution in [2.75, 3.05) is 26.2 Å². The van der Waals surface area contributed by atoms with E-state index >= 15 is 0 Å². The van der Waals surface area contributed by atoms with Gasteiger partial charge in [-0.05, 0) is 103 Å². The van der Waals surface area contributed by atoms with Crippen LogP contribution in [0.2, 0.25) is 0 Å². The van der Waals surface area contributed by atoms with Crippen LogP contribution in [0, 0.1) is 29.2 Å². The summed E-state index contributed by atoms with van der Waals surface area (Å²) >= 11 is 0. The molecule has 2 aliphatic heterocycles. The number of halogens is 4. The summed E-state index contributed by atoms with van der Waals surface area (Å²) in [7, 11) is 0. The standard InChI is InChI=1S/C17H23F2NO2.C17H21F2NO2/c2*1-17(2,3)22-16(21)20-8-6-12(7-9-20)10-13-4-5-14(18)11-15(13)19/h4-5,11-12H,6-10H2,1-3H3;4-5,10-11H,6-9H2,1-3H3. The first-order valence-electron chi connectivity index (χ1n) is 15.0. The van der Waals surface area contributed by atoms with Crippen LogP contribution in [0.1, 0.15) is 78.4 Å². The van der Waals surface area contributed by atoms with Crippen molar-refractivity contribution in [3.8, 4) is 0 Å². The molecule has 2 heterocycles. The minimum atomic E-state index is -0.584. The number of hydrogen-bond donors (Lipinski definition) is 0. The van der Waals surface area contributed by atoms with Gasteiger partial charge in [0.05, 0.1) is 0 Å². The van der Waals surface area contributed by atoms with E-state index in [-0.39, 0.29) is 12.2 Å². The molecule has 0 unspecified atom stereocenters. The summed E-state index contributed by atoms with van der Waals surface area (Å²) in [6.45, 7) is 13.3. The van der Waals surface area contributed by atoms with Gasteiger partial charge in [-0.15, -0.1) is 0 Å². The molecule has 4 rings (SSSR count). The van der Waals surface area contributed by atoms with Crippen LogP contribution in [0.15, 0.2) is 42.0 Å². The summed E-state index contributed by atoms with van der Waals surface area (Å²) in [5.74, 6) is -1.89. The summed E-state index contributed by atoms with van der Waals surface area (Å²) in [4.78, 5) is 27.3. The SMILES string of the molecule is CC(C)(C)OC(=O)N1CCC(=Cc2ccc(F)cc2F)CC1.CC(C)(C)OC(=O)N1CCC(Cc2ccc(F)cc2F)CC1. The van der Waals surface area contributed by atoms with Gasteiger partial charge >= 0.3 is 12.2 Å². The second-order valence-corrected chi connectivity index (χ2v) is 13.3. The number of likely N-dealkylation sites (tertiary alicyclic amines) is 2. The van der Waals surface area contributed by atoms with Crippen molar-refractivity contribution in [3.63, 3.8) is 0 Å². The number of piperidine rings is 2. The lowest BCUT2D eigenvalue weighted by Crippen LogP contribution is -2.42. The smallest absolute Gasteiger partial charge is 0.410 e. The maximum absolute atomic E-state index is 13.7. The molecule has 0 aromatic heterocycles. The van der Waals surface area contributed by atoms with Crippen molar-refractivity contribution in [2.24, 2.45) is 5.92 Å². The Balaban J connectivity index is 0.000000240. The quantitative estimate of drug-likeness (QED) is 0.323. The molecule has 2 aliphatic rings. The van der Waals surface area contributed by atoms with E-state index in [1.165, 1.54) is 24.3 Å². The Labute approximate surface area is 258 Å². The van der Waals surface area contributed by atoms with Gasteiger partial charge in [0.2, 0.25) is 0 Å². The molecule has 0 atom stereocenters. The molecule has 2 aromatic carbocycles. The van der Waals surface area contributed by atoms with Crippen LogP contribution in [0.25, 0.3) is 6.08 Å². The molecule has 0 saturated carbocycles. The number of amides is 2. The van der Waals surface area contributed by atoms with Crippen molar-refractivity contribution in [1.82, 2.24) is 9.80 Å². The Hall–Kier alpha value is -3.56. The van der Waals surface area contributed by atoms with Crippen LogP contribution in [0.5, 0.6) is 0 Å². The summed E-state index contributed by atoms with van der Waals surface area (Å²) < 4.78 is 63.8. The zero-order valence-corrected chi connectivity index (χ0v) is 26.5. The molecule has 0 spiro atoms. The molecular weight excluding hydrogens is 576 g/mol. The van der Waals surface area contributed by atoms with Crippen LogP contribution in [0.4, 0.5) is 27.2 Å². The van der Waals surface area contributed by atoms with Crippen LogP contribution in [-0.4, -0.2) is 59.4 Å². The molecule has 44 heavy (non-hydrogen) atoms. The molecule has 10 heteroatoms. The number of benzene rings is 2. The van der Waals surface area contributed by atoms with E-state index in [0.717, 1.165) is 30.5 Å². The van der Waals surface area contributed by atoms with E-state index in [4.69, 9.17) is 9.47 Å². The van der Waals surface area contributed by atoms with Gasteiger partial charge in [0, 0.05) is 43.9 Å². The maximum atomic E-state index is 13.7. The topological polar surface area (TPSA) is 59.1 Å². The lowest BCUT2D eigenvalue weighted by atomic mass is 9.90. The van der Waals surface area contributed by atoms with Gasteiger partial charge in [0.25, 0.3) is 0 Å². The monoisotopic (exact) mass is 620 g/mol. The Morgan fingerprint density at radius 2 is 1.23 bits per heavy atom. The third-order valence-corrected chi connectivity index (χ3v) is 7.17. The third kappa shape index (κ3) is 11.5. The van der Waals surface area contributed by atoms with E-state index in [1.807, 2.05) is 41.5 Å². The second kappa shape index (κ2) is 14.9. The fourth-order valence-corrected chi connectivity index (χ4v) is 4.93. The van der Waals surface area contributed by atoms with Gasteiger partial charge in [-0.1, -0.05) is 17.7 Å². The highest BCUT2D eigenvalue weighted by atomic mass is 19.1. The highest BCUT2D eigenvalue weighted by molar-refractivity contribution is 5.69. The molecule has 0 N–H and O–H groups in total. The normalized spacial score (nSPS) is 16.2. The predicted molar refractivity (Wildman–Crippen MR) is 162 cm³/mol. The molecule has 242 valence electrons. The van der Waals surface area contributed by atoms with Gasteiger partial charge in [-0.2, -0.15) is 0 Å². The van der Waals surface area contributed by atoms with Crippen molar-refractivity contribution < 1.29 is 36.6 Å². The number of rotatable bonds is 3. The lowest BCUT2D eigenvalue weighted by Gasteiger charge is -2.33. The first-order chi connectivity index (χ1) is 20.5. The van der Waals surface area contributed by atoms with Gasteiger partial charge in [-0.25, -0.2) is 27.2 Å². The van der Waals surface area contributed by atoms with E-state index in [1.54, 1.807) is 15.9 Å². The van der Waals surface area contributed by atoms with E-state index < -0.39 is 34.5 Å². The third-order valence-electron chi connectivity index (χ3n) is 7.17. The second-order valence-electron chi connectivity index (χ2n) is 13.3. The highest BCUT2D eigenvalue weighted by Gasteiger charge is 2.28. The Morgan fingerprint density at radius 1 is 0.750 bits per heavy atom. The average Bonchev–Trinajstić information content (AvgIpc) is 2.91. The van der Waals surface area contributed by atoms with Gasteiger partial charge in [0.1, 0.15) is 34.5 Å². The number of nitrogens with zero attached hydrogens (tertiary/aromatic N) is 2. The van der Waals surface area contributed by atoms with Crippen molar-refractivity contribution in [2.45, 2.75) is 84.8 Å². The summed E-state index contributed by atoms with van der Waals surface area (Å²) in [6, 6.07) is 7.26. The Morgan fingerprint density at radius 3 is 1.70 bits per heavy atom. The first-order valence-corrected chi connectivity index (χ1v) is 15.0. The van der Waals surface area contributed by atoms with Crippen LogP contribution in [-0.2, 0) is 15.9 Å². The highest BCUT2D eigenvalue weighted by Crippen LogP contribution is 2.25. The molecular formula is C34H44F4N2O4. The molecule has 2 fully saturated rings. The van der Waals surface area contributed by atoms with Crippen LogP contribution in [0.3, 0.4) is 0 Å². The van der Waals surface area contributed by atoms with Crippen LogP contribution < -0.4 is 0 Å². The number of ether oxygens (including phenoxy) is 2. The Kier molecular flexibility index (Phi) is 11.9. The minimum absolute atomic E-state index is 0.293. The number of carbonyl (C=O) groups is 2.